The van der Waals surface area contributed by atoms with Crippen molar-refractivity contribution in [3.05, 3.63) is 35.9 Å². The zero-order chi connectivity index (χ0) is 20.6. The van der Waals surface area contributed by atoms with Gasteiger partial charge in [0.15, 0.2) is 5.78 Å². The Morgan fingerprint density at radius 1 is 1.00 bits per heavy atom. The number of ether oxygens (including phenoxy) is 1. The largest absolute Gasteiger partial charge is 0.481 e. The molecule has 1 N–H and O–H groups in total. The van der Waals surface area contributed by atoms with Gasteiger partial charge >= 0.3 is 5.97 Å². The predicted molar refractivity (Wildman–Crippen MR) is 108 cm³/mol. The van der Waals surface area contributed by atoms with Gasteiger partial charge in [-0.2, -0.15) is 0 Å². The van der Waals surface area contributed by atoms with Gasteiger partial charge in [-0.15, -0.1) is 0 Å². The van der Waals surface area contributed by atoms with Crippen molar-refractivity contribution in [2.24, 2.45) is 5.92 Å². The molecule has 2 aliphatic heterocycles. The van der Waals surface area contributed by atoms with E-state index >= 15 is 0 Å². The van der Waals surface area contributed by atoms with Crippen LogP contribution in [-0.2, 0) is 14.3 Å². The van der Waals surface area contributed by atoms with E-state index in [4.69, 9.17) is 9.84 Å². The first-order valence-corrected chi connectivity index (χ1v) is 10.4. The molecule has 3 rings (SSSR count). The number of morpholine rings is 1. The van der Waals surface area contributed by atoms with Crippen LogP contribution in [0.1, 0.15) is 42.5 Å². The van der Waals surface area contributed by atoms with E-state index in [-0.39, 0.29) is 42.9 Å². The summed E-state index contributed by atoms with van der Waals surface area (Å²) in [6, 6.07) is 9.31. The normalized spacial score (nSPS) is 23.0. The average molecular weight is 402 g/mol. The molecular weight excluding hydrogens is 372 g/mol. The highest BCUT2D eigenvalue weighted by Crippen LogP contribution is 2.27. The third-order valence-corrected chi connectivity index (χ3v) is 5.95. The van der Waals surface area contributed by atoms with Gasteiger partial charge in [-0.1, -0.05) is 30.3 Å². The molecular formula is C22H30N2O5. The summed E-state index contributed by atoms with van der Waals surface area (Å²) in [5.74, 6) is -0.714. The second kappa shape index (κ2) is 10.5. The number of carboxylic acids is 1. The molecule has 29 heavy (non-hydrogen) atoms. The van der Waals surface area contributed by atoms with Crippen LogP contribution in [0.15, 0.2) is 30.3 Å². The van der Waals surface area contributed by atoms with E-state index < -0.39 is 5.97 Å². The van der Waals surface area contributed by atoms with E-state index in [2.05, 4.69) is 4.90 Å². The number of piperidine rings is 1. The lowest BCUT2D eigenvalue weighted by Gasteiger charge is -2.45. The van der Waals surface area contributed by atoms with Crippen LogP contribution in [-0.4, -0.2) is 78.0 Å². The van der Waals surface area contributed by atoms with E-state index in [0.717, 1.165) is 19.5 Å². The number of carbonyl (C=O) groups excluding carboxylic acids is 2. The summed E-state index contributed by atoms with van der Waals surface area (Å²) in [4.78, 5) is 40.3. The van der Waals surface area contributed by atoms with Gasteiger partial charge < -0.3 is 14.7 Å². The standard InChI is InChI=1S/C22H30N2O5/c25-20(17-4-2-1-3-5-17)7-8-21(26)24-11-10-19(23-12-14-29-15-13-23)18(16-24)6-9-22(27)28/h1-5,18-19H,6-16H2,(H,27,28)/t18-,19+/m1/s1. The van der Waals surface area contributed by atoms with Crippen molar-refractivity contribution in [1.29, 1.82) is 0 Å². The summed E-state index contributed by atoms with van der Waals surface area (Å²) in [6.45, 7) is 4.33. The van der Waals surface area contributed by atoms with E-state index in [9.17, 15) is 14.4 Å². The highest BCUT2D eigenvalue weighted by molar-refractivity contribution is 5.97. The summed E-state index contributed by atoms with van der Waals surface area (Å²) in [5, 5.41) is 9.12. The minimum Gasteiger partial charge on any atom is -0.481 e. The third kappa shape index (κ3) is 6.11. The molecule has 7 heteroatoms. The molecule has 7 nitrogen and oxygen atoms in total. The van der Waals surface area contributed by atoms with Crippen LogP contribution in [0.25, 0.3) is 0 Å². The summed E-state index contributed by atoms with van der Waals surface area (Å²) in [5.41, 5.74) is 0.630. The second-order valence-corrected chi connectivity index (χ2v) is 7.83. The molecule has 0 bridgehead atoms. The first-order valence-electron chi connectivity index (χ1n) is 10.4. The number of benzene rings is 1. The fourth-order valence-electron chi connectivity index (χ4n) is 4.38. The molecule has 2 fully saturated rings. The van der Waals surface area contributed by atoms with Gasteiger partial charge in [0.2, 0.25) is 5.91 Å². The van der Waals surface area contributed by atoms with Gasteiger partial charge in [-0.3, -0.25) is 19.3 Å². The van der Waals surface area contributed by atoms with Crippen LogP contribution in [0.5, 0.6) is 0 Å². The summed E-state index contributed by atoms with van der Waals surface area (Å²) >= 11 is 0. The van der Waals surface area contributed by atoms with Crippen molar-refractivity contribution in [3.63, 3.8) is 0 Å². The van der Waals surface area contributed by atoms with Gasteiger partial charge in [-0.25, -0.2) is 0 Å². The fraction of sp³-hybridized carbons (Fsp3) is 0.591. The first-order chi connectivity index (χ1) is 14.0. The quantitative estimate of drug-likeness (QED) is 0.670. The molecule has 0 unspecified atom stereocenters. The van der Waals surface area contributed by atoms with Gasteiger partial charge in [0, 0.05) is 57.0 Å². The van der Waals surface area contributed by atoms with Crippen LogP contribution >= 0.6 is 0 Å². The maximum absolute atomic E-state index is 12.7. The van der Waals surface area contributed by atoms with Crippen LogP contribution in [0.4, 0.5) is 0 Å². The lowest BCUT2D eigenvalue weighted by atomic mass is 9.86. The van der Waals surface area contributed by atoms with Crippen molar-refractivity contribution in [1.82, 2.24) is 9.80 Å². The molecule has 2 heterocycles. The number of aliphatic carboxylic acids is 1. The monoisotopic (exact) mass is 402 g/mol. The number of hydrogen-bond acceptors (Lipinski definition) is 5. The summed E-state index contributed by atoms with van der Waals surface area (Å²) in [6.07, 6.45) is 1.90. The Morgan fingerprint density at radius 3 is 2.41 bits per heavy atom. The van der Waals surface area contributed by atoms with Crippen molar-refractivity contribution >= 4 is 17.7 Å². The fourth-order valence-corrected chi connectivity index (χ4v) is 4.38. The number of amides is 1. The highest BCUT2D eigenvalue weighted by Gasteiger charge is 2.35. The summed E-state index contributed by atoms with van der Waals surface area (Å²) < 4.78 is 5.44. The molecule has 0 aliphatic carbocycles. The molecule has 0 aromatic heterocycles. The Hall–Kier alpha value is -2.25. The topological polar surface area (TPSA) is 87.2 Å². The minimum atomic E-state index is -0.803. The second-order valence-electron chi connectivity index (χ2n) is 7.83. The molecule has 2 saturated heterocycles. The first kappa shape index (κ1) is 21.5. The smallest absolute Gasteiger partial charge is 0.303 e. The number of carboxylic acid groups (broad SMARTS) is 1. The lowest BCUT2D eigenvalue weighted by molar-refractivity contribution is -0.138. The zero-order valence-corrected chi connectivity index (χ0v) is 16.8. The van der Waals surface area contributed by atoms with Gasteiger partial charge in [0.05, 0.1) is 13.2 Å². The van der Waals surface area contributed by atoms with E-state index in [0.29, 0.717) is 38.3 Å². The highest BCUT2D eigenvalue weighted by atomic mass is 16.5. The number of nitrogens with zero attached hydrogens (tertiary/aromatic N) is 2. The van der Waals surface area contributed by atoms with Crippen LogP contribution in [0.2, 0.25) is 0 Å². The predicted octanol–water partition coefficient (Wildman–Crippen LogP) is 2.06. The van der Waals surface area contributed by atoms with Gasteiger partial charge in [-0.05, 0) is 18.8 Å². The molecule has 158 valence electrons. The molecule has 2 aliphatic rings. The Kier molecular flexibility index (Phi) is 7.77. The third-order valence-electron chi connectivity index (χ3n) is 5.95. The Bertz CT molecular complexity index is 702. The van der Waals surface area contributed by atoms with Crippen molar-refractivity contribution in [3.8, 4) is 0 Å². The number of hydrogen-bond donors (Lipinski definition) is 1. The molecule has 2 atom stereocenters. The number of rotatable bonds is 8. The molecule has 1 aromatic carbocycles. The van der Waals surface area contributed by atoms with Crippen LogP contribution in [0, 0.1) is 5.92 Å². The minimum absolute atomic E-state index is 0.0185. The van der Waals surface area contributed by atoms with Crippen molar-refractivity contribution in [2.75, 3.05) is 39.4 Å². The van der Waals surface area contributed by atoms with E-state index in [1.807, 2.05) is 23.1 Å². The van der Waals surface area contributed by atoms with Crippen molar-refractivity contribution in [2.45, 2.75) is 38.1 Å². The van der Waals surface area contributed by atoms with Gasteiger partial charge in [0.1, 0.15) is 0 Å². The molecule has 0 spiro atoms. The Balaban J connectivity index is 1.56. The maximum atomic E-state index is 12.7. The summed E-state index contributed by atoms with van der Waals surface area (Å²) in [7, 11) is 0. The number of likely N-dealkylation sites (tertiary alicyclic amines) is 1. The van der Waals surface area contributed by atoms with Gasteiger partial charge in [0.25, 0.3) is 0 Å². The van der Waals surface area contributed by atoms with Crippen LogP contribution in [0.3, 0.4) is 0 Å². The Morgan fingerprint density at radius 2 is 1.72 bits per heavy atom. The molecule has 1 amide bonds. The number of Topliss-reactive ketones (excluding diaryl/α,β-unsaturated/α-hetero) is 1. The van der Waals surface area contributed by atoms with Crippen LogP contribution < -0.4 is 0 Å². The average Bonchev–Trinajstić information content (AvgIpc) is 2.76. The van der Waals surface area contributed by atoms with Crippen molar-refractivity contribution < 1.29 is 24.2 Å². The lowest BCUT2D eigenvalue weighted by Crippen LogP contribution is -2.55. The van der Waals surface area contributed by atoms with E-state index in [1.54, 1.807) is 12.1 Å². The van der Waals surface area contributed by atoms with E-state index in [1.165, 1.54) is 0 Å². The molecule has 0 saturated carbocycles. The Labute approximate surface area is 171 Å². The molecule has 1 aromatic rings. The maximum Gasteiger partial charge on any atom is 0.303 e. The number of ketones is 1. The SMILES string of the molecule is O=C(O)CC[C@@H]1CN(C(=O)CCC(=O)c2ccccc2)CC[C@@H]1N1CCOCC1. The molecule has 0 radical (unpaired) electrons. The number of carbonyl (C=O) groups is 3. The zero-order valence-electron chi connectivity index (χ0n) is 16.8.